The zero-order valence-corrected chi connectivity index (χ0v) is 13.8. The average molecular weight is 345 g/mol. The molecular formula is C16H18Cl2O4. The summed E-state index contributed by atoms with van der Waals surface area (Å²) >= 11 is 11.7. The summed E-state index contributed by atoms with van der Waals surface area (Å²) in [7, 11) is 0. The molecule has 0 unspecified atom stereocenters. The number of halogens is 2. The van der Waals surface area contributed by atoms with Crippen LogP contribution in [0.1, 0.15) is 32.6 Å². The first kappa shape index (κ1) is 18.5. The Morgan fingerprint density at radius 2 is 1.82 bits per heavy atom. The van der Waals surface area contributed by atoms with Crippen molar-refractivity contribution < 1.29 is 19.1 Å². The van der Waals surface area contributed by atoms with Crippen molar-refractivity contribution in [2.24, 2.45) is 0 Å². The summed E-state index contributed by atoms with van der Waals surface area (Å²) < 4.78 is 9.94. The van der Waals surface area contributed by atoms with E-state index in [2.05, 4.69) is 6.92 Å². The number of hydrogen-bond acceptors (Lipinski definition) is 4. The standard InChI is InChI=1S/C16H18Cl2O4/c1-2-3-4-5-11-21-14(19)9-10-15(20)22-13-8-6-7-12(17)16(13)18/h6-10H,2-5,11H2,1H3/b10-9+. The van der Waals surface area contributed by atoms with Crippen LogP contribution in [0.5, 0.6) is 5.75 Å². The fourth-order valence-corrected chi connectivity index (χ4v) is 1.92. The van der Waals surface area contributed by atoms with Crippen molar-refractivity contribution in [1.82, 2.24) is 0 Å². The molecule has 0 aliphatic carbocycles. The molecule has 0 N–H and O–H groups in total. The highest BCUT2D eigenvalue weighted by molar-refractivity contribution is 6.43. The molecule has 22 heavy (non-hydrogen) atoms. The summed E-state index contributed by atoms with van der Waals surface area (Å²) in [6.07, 6.45) is 6.08. The number of hydrogen-bond donors (Lipinski definition) is 0. The van der Waals surface area contributed by atoms with E-state index < -0.39 is 11.9 Å². The minimum atomic E-state index is -0.730. The van der Waals surface area contributed by atoms with E-state index in [0.717, 1.165) is 37.8 Å². The lowest BCUT2D eigenvalue weighted by Crippen LogP contribution is -2.07. The molecular weight excluding hydrogens is 327 g/mol. The van der Waals surface area contributed by atoms with Gasteiger partial charge in [-0.25, -0.2) is 9.59 Å². The van der Waals surface area contributed by atoms with E-state index >= 15 is 0 Å². The third-order valence-electron chi connectivity index (χ3n) is 2.72. The number of carbonyl (C=O) groups is 2. The van der Waals surface area contributed by atoms with Crippen LogP contribution in [0.2, 0.25) is 10.0 Å². The highest BCUT2D eigenvalue weighted by Gasteiger charge is 2.09. The Morgan fingerprint density at radius 1 is 1.09 bits per heavy atom. The van der Waals surface area contributed by atoms with Crippen LogP contribution in [0, 0.1) is 0 Å². The van der Waals surface area contributed by atoms with Gasteiger partial charge in [-0.15, -0.1) is 0 Å². The van der Waals surface area contributed by atoms with Crippen LogP contribution in [0.15, 0.2) is 30.4 Å². The van der Waals surface area contributed by atoms with Gasteiger partial charge >= 0.3 is 11.9 Å². The van der Waals surface area contributed by atoms with Gasteiger partial charge in [0, 0.05) is 12.2 Å². The molecule has 6 heteroatoms. The molecule has 0 saturated heterocycles. The molecule has 0 radical (unpaired) electrons. The van der Waals surface area contributed by atoms with Gasteiger partial charge in [0.05, 0.1) is 11.6 Å². The second kappa shape index (κ2) is 10.2. The van der Waals surface area contributed by atoms with E-state index in [0.29, 0.717) is 6.61 Å². The molecule has 0 fully saturated rings. The normalized spacial score (nSPS) is 10.7. The largest absolute Gasteiger partial charge is 0.463 e. The van der Waals surface area contributed by atoms with Gasteiger partial charge in [0.25, 0.3) is 0 Å². The summed E-state index contributed by atoms with van der Waals surface area (Å²) in [6.45, 7) is 2.45. The highest BCUT2D eigenvalue weighted by Crippen LogP contribution is 2.31. The first-order valence-corrected chi connectivity index (χ1v) is 7.80. The van der Waals surface area contributed by atoms with E-state index in [1.807, 2.05) is 0 Å². The first-order valence-electron chi connectivity index (χ1n) is 7.05. The Bertz CT molecular complexity index is 541. The molecule has 1 aromatic rings. The SMILES string of the molecule is CCCCCCOC(=O)/C=C/C(=O)Oc1cccc(Cl)c1Cl. The summed E-state index contributed by atoms with van der Waals surface area (Å²) in [6, 6.07) is 4.68. The van der Waals surface area contributed by atoms with Gasteiger partial charge in [-0.1, -0.05) is 55.5 Å². The molecule has 0 atom stereocenters. The minimum absolute atomic E-state index is 0.136. The topological polar surface area (TPSA) is 52.6 Å². The predicted octanol–water partition coefficient (Wildman–Crippen LogP) is 4.58. The third kappa shape index (κ3) is 6.96. The van der Waals surface area contributed by atoms with Gasteiger partial charge in [-0.2, -0.15) is 0 Å². The quantitative estimate of drug-likeness (QED) is 0.300. The number of esters is 2. The molecule has 1 aromatic carbocycles. The zero-order valence-electron chi connectivity index (χ0n) is 12.3. The average Bonchev–Trinajstić information content (AvgIpc) is 2.49. The van der Waals surface area contributed by atoms with Crippen molar-refractivity contribution in [3.8, 4) is 5.75 Å². The second-order valence-electron chi connectivity index (χ2n) is 4.53. The molecule has 0 aromatic heterocycles. The summed E-state index contributed by atoms with van der Waals surface area (Å²) in [5.74, 6) is -1.17. The summed E-state index contributed by atoms with van der Waals surface area (Å²) in [5.41, 5.74) is 0. The number of rotatable bonds is 8. The maximum Gasteiger partial charge on any atom is 0.336 e. The molecule has 0 aliphatic heterocycles. The van der Waals surface area contributed by atoms with Crippen LogP contribution in [0.4, 0.5) is 0 Å². The number of carbonyl (C=O) groups excluding carboxylic acids is 2. The maximum atomic E-state index is 11.6. The van der Waals surface area contributed by atoms with Gasteiger partial charge in [0.2, 0.25) is 0 Å². The van der Waals surface area contributed by atoms with E-state index in [9.17, 15) is 9.59 Å². The van der Waals surface area contributed by atoms with Crippen molar-refractivity contribution in [1.29, 1.82) is 0 Å². The summed E-state index contributed by atoms with van der Waals surface area (Å²) in [5, 5.41) is 0.423. The van der Waals surface area contributed by atoms with E-state index in [4.69, 9.17) is 32.7 Å². The van der Waals surface area contributed by atoms with Crippen molar-refractivity contribution in [3.05, 3.63) is 40.4 Å². The second-order valence-corrected chi connectivity index (χ2v) is 5.32. The van der Waals surface area contributed by atoms with E-state index in [-0.39, 0.29) is 15.8 Å². The fraction of sp³-hybridized carbons (Fsp3) is 0.375. The van der Waals surface area contributed by atoms with Crippen molar-refractivity contribution in [3.63, 3.8) is 0 Å². The Labute approximate surface area is 140 Å². The summed E-state index contributed by atoms with van der Waals surface area (Å²) in [4.78, 5) is 23.0. The van der Waals surface area contributed by atoms with E-state index in [1.165, 1.54) is 6.07 Å². The molecule has 0 saturated carbocycles. The highest BCUT2D eigenvalue weighted by atomic mass is 35.5. The van der Waals surface area contributed by atoms with Crippen LogP contribution in [0.3, 0.4) is 0 Å². The van der Waals surface area contributed by atoms with Crippen molar-refractivity contribution in [2.45, 2.75) is 32.6 Å². The van der Waals surface area contributed by atoms with Crippen molar-refractivity contribution >= 4 is 35.1 Å². The predicted molar refractivity (Wildman–Crippen MR) is 86.3 cm³/mol. The number of unbranched alkanes of at least 4 members (excludes halogenated alkanes) is 3. The lowest BCUT2D eigenvalue weighted by Gasteiger charge is -2.04. The van der Waals surface area contributed by atoms with Gasteiger partial charge in [-0.3, -0.25) is 0 Å². The smallest absolute Gasteiger partial charge is 0.336 e. The van der Waals surface area contributed by atoms with Gasteiger partial charge in [0.15, 0.2) is 5.75 Å². The third-order valence-corrected chi connectivity index (χ3v) is 3.53. The molecule has 1 rings (SSSR count). The molecule has 4 nitrogen and oxygen atoms in total. The Balaban J connectivity index is 2.37. The Hall–Kier alpha value is -1.52. The van der Waals surface area contributed by atoms with Crippen molar-refractivity contribution in [2.75, 3.05) is 6.61 Å². The van der Waals surface area contributed by atoms with Gasteiger partial charge in [-0.05, 0) is 18.6 Å². The van der Waals surface area contributed by atoms with Crippen LogP contribution >= 0.6 is 23.2 Å². The Morgan fingerprint density at radius 3 is 2.55 bits per heavy atom. The Kier molecular flexibility index (Phi) is 8.63. The van der Waals surface area contributed by atoms with Crippen LogP contribution in [-0.2, 0) is 14.3 Å². The van der Waals surface area contributed by atoms with Crippen LogP contribution in [0.25, 0.3) is 0 Å². The molecule has 0 bridgehead atoms. The zero-order chi connectivity index (χ0) is 16.4. The van der Waals surface area contributed by atoms with Gasteiger partial charge in [0.1, 0.15) is 5.02 Å². The van der Waals surface area contributed by atoms with Crippen LogP contribution in [-0.4, -0.2) is 18.5 Å². The lowest BCUT2D eigenvalue weighted by molar-refractivity contribution is -0.138. The molecule has 120 valence electrons. The molecule has 0 aliphatic rings. The lowest BCUT2D eigenvalue weighted by atomic mass is 10.2. The number of benzene rings is 1. The first-order chi connectivity index (χ1) is 10.5. The molecule has 0 amide bonds. The van der Waals surface area contributed by atoms with Gasteiger partial charge < -0.3 is 9.47 Å². The maximum absolute atomic E-state index is 11.6. The minimum Gasteiger partial charge on any atom is -0.463 e. The number of ether oxygens (including phenoxy) is 2. The monoisotopic (exact) mass is 344 g/mol. The molecule has 0 spiro atoms. The van der Waals surface area contributed by atoms with E-state index in [1.54, 1.807) is 12.1 Å². The van der Waals surface area contributed by atoms with Crippen LogP contribution < -0.4 is 4.74 Å². The fourth-order valence-electron chi connectivity index (χ4n) is 1.59. The molecule has 0 heterocycles.